The van der Waals surface area contributed by atoms with Gasteiger partial charge in [-0.1, -0.05) is 24.6 Å². The van der Waals surface area contributed by atoms with Gasteiger partial charge >= 0.3 is 0 Å². The molecule has 2 N–H and O–H groups in total. The highest BCUT2D eigenvalue weighted by Crippen LogP contribution is 2.24. The topological polar surface area (TPSA) is 58.2 Å². The smallest absolute Gasteiger partial charge is 0.271 e. The molecule has 0 unspecified atom stereocenters. The molecule has 0 bridgehead atoms. The summed E-state index contributed by atoms with van der Waals surface area (Å²) in [5.41, 5.74) is 1.68. The number of nitrogens with one attached hydrogen (secondary N) is 2. The Bertz CT molecular complexity index is 676. The standard InChI is InChI=1S/C15H20N2O2S2/c1-3-10-16-11-14-8-9-15(20-14)21(18,19)17-13-6-4-12(2)5-7-13/h4-9,16-17H,3,10-11H2,1-2H3. The van der Waals surface area contributed by atoms with E-state index in [0.717, 1.165) is 23.4 Å². The maximum absolute atomic E-state index is 12.3. The first-order valence-electron chi connectivity index (χ1n) is 6.90. The zero-order chi connectivity index (χ0) is 15.3. The maximum atomic E-state index is 12.3. The van der Waals surface area contributed by atoms with Crippen LogP contribution in [-0.4, -0.2) is 15.0 Å². The van der Waals surface area contributed by atoms with Crippen molar-refractivity contribution in [3.8, 4) is 0 Å². The van der Waals surface area contributed by atoms with Crippen LogP contribution in [0.5, 0.6) is 0 Å². The number of rotatable bonds is 7. The number of benzene rings is 1. The summed E-state index contributed by atoms with van der Waals surface area (Å²) in [4.78, 5) is 1.02. The molecule has 1 heterocycles. The van der Waals surface area contributed by atoms with Crippen molar-refractivity contribution in [3.63, 3.8) is 0 Å². The van der Waals surface area contributed by atoms with Gasteiger partial charge in [-0.2, -0.15) is 0 Å². The van der Waals surface area contributed by atoms with Gasteiger partial charge in [0.1, 0.15) is 4.21 Å². The summed E-state index contributed by atoms with van der Waals surface area (Å²) in [6.45, 7) is 5.70. The van der Waals surface area contributed by atoms with Gasteiger partial charge in [0.2, 0.25) is 0 Å². The van der Waals surface area contributed by atoms with Crippen molar-refractivity contribution in [1.82, 2.24) is 5.32 Å². The van der Waals surface area contributed by atoms with Gasteiger partial charge < -0.3 is 5.32 Å². The van der Waals surface area contributed by atoms with Crippen molar-refractivity contribution in [2.24, 2.45) is 0 Å². The highest BCUT2D eigenvalue weighted by Gasteiger charge is 2.16. The van der Waals surface area contributed by atoms with Crippen LogP contribution in [0.2, 0.25) is 0 Å². The number of hydrogen-bond donors (Lipinski definition) is 2. The van der Waals surface area contributed by atoms with Gasteiger partial charge in [0.05, 0.1) is 0 Å². The van der Waals surface area contributed by atoms with Crippen LogP contribution in [0.1, 0.15) is 23.8 Å². The van der Waals surface area contributed by atoms with Crippen molar-refractivity contribution in [3.05, 3.63) is 46.8 Å². The molecule has 0 radical (unpaired) electrons. The van der Waals surface area contributed by atoms with E-state index >= 15 is 0 Å². The molecule has 2 rings (SSSR count). The van der Waals surface area contributed by atoms with Crippen molar-refractivity contribution in [2.75, 3.05) is 11.3 Å². The van der Waals surface area contributed by atoms with Gasteiger partial charge in [-0.15, -0.1) is 11.3 Å². The molecule has 0 amide bonds. The minimum atomic E-state index is -3.50. The van der Waals surface area contributed by atoms with E-state index in [1.54, 1.807) is 18.2 Å². The highest BCUT2D eigenvalue weighted by molar-refractivity contribution is 7.94. The maximum Gasteiger partial charge on any atom is 0.271 e. The molecular formula is C15H20N2O2S2. The van der Waals surface area contributed by atoms with E-state index in [4.69, 9.17) is 0 Å². The Morgan fingerprint density at radius 1 is 1.10 bits per heavy atom. The van der Waals surface area contributed by atoms with Crippen LogP contribution in [0.25, 0.3) is 0 Å². The van der Waals surface area contributed by atoms with Crippen molar-refractivity contribution in [1.29, 1.82) is 0 Å². The van der Waals surface area contributed by atoms with Gasteiger partial charge in [-0.3, -0.25) is 4.72 Å². The lowest BCUT2D eigenvalue weighted by Crippen LogP contribution is -2.13. The Balaban J connectivity index is 2.07. The molecule has 0 aliphatic carbocycles. The van der Waals surface area contributed by atoms with E-state index in [-0.39, 0.29) is 0 Å². The SMILES string of the molecule is CCCNCc1ccc(S(=O)(=O)Nc2ccc(C)cc2)s1. The van der Waals surface area contributed by atoms with Gasteiger partial charge in [0, 0.05) is 17.1 Å². The summed E-state index contributed by atoms with van der Waals surface area (Å²) in [6.07, 6.45) is 1.06. The van der Waals surface area contributed by atoms with Gasteiger partial charge in [-0.05, 0) is 44.2 Å². The Morgan fingerprint density at radius 2 is 1.81 bits per heavy atom. The monoisotopic (exact) mass is 324 g/mol. The zero-order valence-corrected chi connectivity index (χ0v) is 13.9. The lowest BCUT2D eigenvalue weighted by molar-refractivity contribution is 0.603. The van der Waals surface area contributed by atoms with Crippen LogP contribution >= 0.6 is 11.3 Å². The minimum Gasteiger partial charge on any atom is -0.312 e. The van der Waals surface area contributed by atoms with Crippen LogP contribution < -0.4 is 10.0 Å². The third kappa shape index (κ3) is 4.56. The molecule has 0 saturated carbocycles. The summed E-state index contributed by atoms with van der Waals surface area (Å²) in [6, 6.07) is 10.8. The fourth-order valence-corrected chi connectivity index (χ4v) is 4.20. The second kappa shape index (κ2) is 7.06. The molecule has 1 aromatic heterocycles. The molecule has 0 atom stereocenters. The van der Waals surface area contributed by atoms with Crippen LogP contribution in [0.15, 0.2) is 40.6 Å². The second-order valence-corrected chi connectivity index (χ2v) is 7.95. The largest absolute Gasteiger partial charge is 0.312 e. The summed E-state index contributed by atoms with van der Waals surface area (Å²) in [7, 11) is -3.50. The van der Waals surface area contributed by atoms with Crippen molar-refractivity contribution in [2.45, 2.75) is 31.0 Å². The van der Waals surface area contributed by atoms with E-state index in [9.17, 15) is 8.42 Å². The van der Waals surface area contributed by atoms with Gasteiger partial charge in [-0.25, -0.2) is 8.42 Å². The predicted molar refractivity (Wildman–Crippen MR) is 88.3 cm³/mol. The van der Waals surface area contributed by atoms with Crippen LogP contribution in [0, 0.1) is 6.92 Å². The van der Waals surface area contributed by atoms with Gasteiger partial charge in [0.15, 0.2) is 0 Å². The molecule has 6 heteroatoms. The summed E-state index contributed by atoms with van der Waals surface area (Å²) in [5.74, 6) is 0. The van der Waals surface area contributed by atoms with E-state index in [1.807, 2.05) is 25.1 Å². The second-order valence-electron chi connectivity index (χ2n) is 4.87. The minimum absolute atomic E-state index is 0.344. The molecule has 0 fully saturated rings. The molecule has 0 aliphatic heterocycles. The van der Waals surface area contributed by atoms with Crippen LogP contribution in [-0.2, 0) is 16.6 Å². The van der Waals surface area contributed by atoms with E-state index < -0.39 is 10.0 Å². The molecule has 2 aromatic rings. The molecule has 0 saturated heterocycles. The lowest BCUT2D eigenvalue weighted by atomic mass is 10.2. The zero-order valence-electron chi connectivity index (χ0n) is 12.2. The molecule has 1 aromatic carbocycles. The first-order chi connectivity index (χ1) is 10.0. The Labute approximate surface area is 130 Å². The quantitative estimate of drug-likeness (QED) is 0.768. The molecule has 21 heavy (non-hydrogen) atoms. The van der Waals surface area contributed by atoms with Crippen LogP contribution in [0.3, 0.4) is 0 Å². The fourth-order valence-electron chi connectivity index (χ4n) is 1.81. The predicted octanol–water partition coefficient (Wildman–Crippen LogP) is 3.36. The van der Waals surface area contributed by atoms with Crippen molar-refractivity contribution >= 4 is 27.0 Å². The lowest BCUT2D eigenvalue weighted by Gasteiger charge is -2.06. The molecule has 0 spiro atoms. The normalized spacial score (nSPS) is 11.5. The Kier molecular flexibility index (Phi) is 5.39. The molecule has 114 valence electrons. The average Bonchev–Trinajstić information content (AvgIpc) is 2.91. The molecular weight excluding hydrogens is 304 g/mol. The highest BCUT2D eigenvalue weighted by atomic mass is 32.2. The van der Waals surface area contributed by atoms with Crippen molar-refractivity contribution < 1.29 is 8.42 Å². The number of aryl methyl sites for hydroxylation is 1. The summed E-state index contributed by atoms with van der Waals surface area (Å²) >= 11 is 1.30. The Morgan fingerprint density at radius 3 is 2.48 bits per heavy atom. The third-order valence-electron chi connectivity index (χ3n) is 2.93. The van der Waals surface area contributed by atoms with E-state index in [1.165, 1.54) is 11.3 Å². The summed E-state index contributed by atoms with van der Waals surface area (Å²) < 4.78 is 27.6. The number of hydrogen-bond acceptors (Lipinski definition) is 4. The molecule has 0 aliphatic rings. The van der Waals surface area contributed by atoms with Gasteiger partial charge in [0.25, 0.3) is 10.0 Å². The van der Waals surface area contributed by atoms with Crippen LogP contribution in [0.4, 0.5) is 5.69 Å². The Hall–Kier alpha value is -1.37. The third-order valence-corrected chi connectivity index (χ3v) is 5.89. The first-order valence-corrected chi connectivity index (χ1v) is 9.20. The number of sulfonamides is 1. The van der Waals surface area contributed by atoms with E-state index in [2.05, 4.69) is 17.0 Å². The average molecular weight is 324 g/mol. The summed E-state index contributed by atoms with van der Waals surface area (Å²) in [5, 5.41) is 3.27. The molecule has 4 nitrogen and oxygen atoms in total. The first kappa shape index (κ1) is 16.0. The number of thiophene rings is 1. The fraction of sp³-hybridized carbons (Fsp3) is 0.333. The number of anilines is 1. The van der Waals surface area contributed by atoms with E-state index in [0.29, 0.717) is 16.4 Å².